The third-order valence-electron chi connectivity index (χ3n) is 10.6. The summed E-state index contributed by atoms with van der Waals surface area (Å²) >= 11 is 1.94. The lowest BCUT2D eigenvalue weighted by Gasteiger charge is -2.36. The Morgan fingerprint density at radius 2 is 1.20 bits per heavy atom. The van der Waals surface area contributed by atoms with Gasteiger partial charge in [-0.2, -0.15) is 0 Å². The van der Waals surface area contributed by atoms with E-state index >= 15 is 0 Å². The Labute approximate surface area is 261 Å². The van der Waals surface area contributed by atoms with Crippen LogP contribution in [0.1, 0.15) is 43.2 Å². The smallest absolute Gasteiger partial charge is 0.0547 e. The first-order valence-electron chi connectivity index (χ1n) is 16.0. The van der Waals surface area contributed by atoms with E-state index in [0.717, 1.165) is 0 Å². The topological polar surface area (TPSA) is 4.93 Å². The molecule has 0 amide bonds. The highest BCUT2D eigenvalue weighted by Crippen LogP contribution is 2.57. The van der Waals surface area contributed by atoms with Crippen molar-refractivity contribution in [3.63, 3.8) is 0 Å². The molecule has 0 aliphatic heterocycles. The van der Waals surface area contributed by atoms with Gasteiger partial charge in [0.25, 0.3) is 0 Å². The van der Waals surface area contributed by atoms with Crippen molar-refractivity contribution in [1.82, 2.24) is 4.57 Å². The van der Waals surface area contributed by atoms with E-state index in [1.54, 1.807) is 11.1 Å². The summed E-state index contributed by atoms with van der Waals surface area (Å²) in [5.41, 5.74) is 12.5. The lowest BCUT2D eigenvalue weighted by Crippen LogP contribution is -2.27. The van der Waals surface area contributed by atoms with Crippen LogP contribution in [0.4, 0.5) is 0 Å². The minimum absolute atomic E-state index is 0.181. The summed E-state index contributed by atoms with van der Waals surface area (Å²) in [6, 6.07) is 48.0. The molecule has 6 aromatic carbocycles. The molecule has 0 atom stereocenters. The number of benzene rings is 6. The zero-order chi connectivity index (χ0) is 28.8. The number of hydrogen-bond donors (Lipinski definition) is 0. The average molecular weight is 582 g/mol. The lowest BCUT2D eigenvalue weighted by atomic mass is 9.68. The van der Waals surface area contributed by atoms with Crippen molar-refractivity contribution in [3.8, 4) is 27.9 Å². The molecule has 1 nitrogen and oxygen atoms in total. The van der Waals surface area contributed by atoms with E-state index < -0.39 is 0 Å². The van der Waals surface area contributed by atoms with E-state index in [1.807, 2.05) is 11.3 Å². The van der Waals surface area contributed by atoms with Gasteiger partial charge in [0, 0.05) is 42.0 Å². The largest absolute Gasteiger partial charge is 0.309 e. The van der Waals surface area contributed by atoms with Crippen LogP contribution in [0.3, 0.4) is 0 Å². The SMILES string of the molecule is c1ccc(-n2c3ccccc3c3ccc(-c4ccc5sc6cc7c(cc6c5c4)C4(CCCCC4)c4ccccc4-7)cc32)cc1. The zero-order valence-electron chi connectivity index (χ0n) is 24.5. The van der Waals surface area contributed by atoms with Gasteiger partial charge in [0.15, 0.2) is 0 Å². The number of aromatic nitrogens is 1. The summed E-state index contributed by atoms with van der Waals surface area (Å²) in [6.07, 6.45) is 6.54. The van der Waals surface area contributed by atoms with Gasteiger partial charge in [0.1, 0.15) is 0 Å². The van der Waals surface area contributed by atoms with Crippen molar-refractivity contribution < 1.29 is 0 Å². The van der Waals surface area contributed by atoms with Crippen LogP contribution in [0.15, 0.2) is 127 Å². The molecule has 1 spiro atoms. The summed E-state index contributed by atoms with van der Waals surface area (Å²) in [5, 5.41) is 5.39. The molecule has 1 fully saturated rings. The summed E-state index contributed by atoms with van der Waals surface area (Å²) in [5.74, 6) is 0. The van der Waals surface area contributed by atoms with Gasteiger partial charge in [-0.15, -0.1) is 11.3 Å². The van der Waals surface area contributed by atoms with Crippen LogP contribution < -0.4 is 0 Å². The first-order chi connectivity index (χ1) is 21.8. The van der Waals surface area contributed by atoms with Gasteiger partial charge in [-0.05, 0) is 94.8 Å². The Morgan fingerprint density at radius 1 is 0.477 bits per heavy atom. The number of fused-ring (bicyclic) bond motifs is 11. The number of para-hydroxylation sites is 2. The molecule has 210 valence electrons. The van der Waals surface area contributed by atoms with E-state index in [2.05, 4.69) is 132 Å². The van der Waals surface area contributed by atoms with E-state index in [4.69, 9.17) is 0 Å². The van der Waals surface area contributed by atoms with Crippen LogP contribution in [0.25, 0.3) is 69.9 Å². The normalized spacial score (nSPS) is 15.5. The van der Waals surface area contributed by atoms with E-state index in [0.29, 0.717) is 0 Å². The number of rotatable bonds is 2. The molecular weight excluding hydrogens is 551 g/mol. The highest BCUT2D eigenvalue weighted by atomic mass is 32.1. The lowest BCUT2D eigenvalue weighted by molar-refractivity contribution is 0.353. The molecule has 0 radical (unpaired) electrons. The molecule has 0 unspecified atom stereocenters. The maximum atomic E-state index is 2.59. The fourth-order valence-corrected chi connectivity index (χ4v) is 9.71. The predicted molar refractivity (Wildman–Crippen MR) is 188 cm³/mol. The molecule has 0 bridgehead atoms. The Balaban J connectivity index is 1.18. The fraction of sp³-hybridized carbons (Fsp3) is 0.143. The molecule has 2 aliphatic carbocycles. The van der Waals surface area contributed by atoms with Crippen LogP contribution in [0.5, 0.6) is 0 Å². The molecule has 2 aliphatic rings. The van der Waals surface area contributed by atoms with Crippen LogP contribution in [0, 0.1) is 0 Å². The van der Waals surface area contributed by atoms with Crippen molar-refractivity contribution in [1.29, 1.82) is 0 Å². The molecule has 44 heavy (non-hydrogen) atoms. The molecule has 2 aromatic heterocycles. The van der Waals surface area contributed by atoms with Gasteiger partial charge in [-0.25, -0.2) is 0 Å². The molecule has 1 saturated carbocycles. The Bertz CT molecular complexity index is 2420. The molecule has 0 N–H and O–H groups in total. The minimum Gasteiger partial charge on any atom is -0.309 e. The van der Waals surface area contributed by atoms with Gasteiger partial charge < -0.3 is 4.57 Å². The summed E-state index contributed by atoms with van der Waals surface area (Å²) < 4.78 is 5.19. The monoisotopic (exact) mass is 581 g/mol. The molecular formula is C42H31NS. The molecule has 2 heterocycles. The second-order valence-corrected chi connectivity index (χ2v) is 13.9. The fourth-order valence-electron chi connectivity index (χ4n) is 8.60. The highest BCUT2D eigenvalue weighted by molar-refractivity contribution is 7.25. The van der Waals surface area contributed by atoms with Crippen molar-refractivity contribution in [2.24, 2.45) is 0 Å². The van der Waals surface area contributed by atoms with Gasteiger partial charge in [0.05, 0.1) is 11.0 Å². The average Bonchev–Trinajstić information content (AvgIpc) is 3.70. The Kier molecular flexibility index (Phi) is 5.16. The van der Waals surface area contributed by atoms with Crippen molar-refractivity contribution in [2.45, 2.75) is 37.5 Å². The van der Waals surface area contributed by atoms with Gasteiger partial charge >= 0.3 is 0 Å². The predicted octanol–water partition coefficient (Wildman–Crippen LogP) is 12.0. The molecule has 10 rings (SSSR count). The van der Waals surface area contributed by atoms with E-state index in [-0.39, 0.29) is 5.41 Å². The van der Waals surface area contributed by atoms with Crippen LogP contribution >= 0.6 is 11.3 Å². The first kappa shape index (κ1) is 24.7. The number of thiophene rings is 1. The van der Waals surface area contributed by atoms with Crippen molar-refractivity contribution in [2.75, 3.05) is 0 Å². The summed E-state index contributed by atoms with van der Waals surface area (Å²) in [7, 11) is 0. The quantitative estimate of drug-likeness (QED) is 0.191. The maximum absolute atomic E-state index is 2.59. The third-order valence-corrected chi connectivity index (χ3v) is 11.7. The first-order valence-corrected chi connectivity index (χ1v) is 16.8. The summed E-state index contributed by atoms with van der Waals surface area (Å²) in [4.78, 5) is 0. The highest BCUT2D eigenvalue weighted by Gasteiger charge is 2.43. The standard InChI is InChI=1S/C42H31NS/c1-3-11-29(12-4-1)43-38-16-8-6-14-31(38)32-19-17-28(24-39(32)43)27-18-20-40-34(23-27)35-25-37-33(26-41(35)44-40)30-13-5-7-15-36(30)42(37)21-9-2-10-22-42/h1,3-8,11-20,23-26H,2,9-10,21-22H2. The number of nitrogens with zero attached hydrogens (tertiary/aromatic N) is 1. The van der Waals surface area contributed by atoms with Crippen molar-refractivity contribution in [3.05, 3.63) is 139 Å². The zero-order valence-corrected chi connectivity index (χ0v) is 25.3. The number of hydrogen-bond acceptors (Lipinski definition) is 1. The van der Waals surface area contributed by atoms with Crippen LogP contribution in [-0.4, -0.2) is 4.57 Å². The molecule has 2 heteroatoms. The van der Waals surface area contributed by atoms with Gasteiger partial charge in [0.2, 0.25) is 0 Å². The summed E-state index contributed by atoms with van der Waals surface area (Å²) in [6.45, 7) is 0. The molecule has 8 aromatic rings. The third kappa shape index (κ3) is 3.35. The van der Waals surface area contributed by atoms with Crippen LogP contribution in [-0.2, 0) is 5.41 Å². The van der Waals surface area contributed by atoms with E-state index in [9.17, 15) is 0 Å². The maximum Gasteiger partial charge on any atom is 0.0547 e. The van der Waals surface area contributed by atoms with E-state index in [1.165, 1.54) is 102 Å². The van der Waals surface area contributed by atoms with Gasteiger partial charge in [-0.3, -0.25) is 0 Å². The van der Waals surface area contributed by atoms with Gasteiger partial charge in [-0.1, -0.05) is 98.1 Å². The second kappa shape index (κ2) is 9.17. The van der Waals surface area contributed by atoms with Crippen molar-refractivity contribution >= 4 is 53.3 Å². The Hall–Kier alpha value is -4.66. The molecule has 0 saturated heterocycles. The Morgan fingerprint density at radius 3 is 2.11 bits per heavy atom. The second-order valence-electron chi connectivity index (χ2n) is 12.8. The minimum atomic E-state index is 0.181. The van der Waals surface area contributed by atoms with Crippen LogP contribution in [0.2, 0.25) is 0 Å².